The maximum absolute atomic E-state index is 10.8. The summed E-state index contributed by atoms with van der Waals surface area (Å²) >= 11 is 0. The second kappa shape index (κ2) is 29.6. The smallest absolute Gasteiger partial charge is 0 e. The molecule has 0 aromatic rings. The molecule has 0 aromatic carbocycles. The number of hydrogen-bond acceptors (Lipinski definition) is 2. The zero-order chi connectivity index (χ0) is 14.9. The summed E-state index contributed by atoms with van der Waals surface area (Å²) < 4.78 is 27.2. The van der Waals surface area contributed by atoms with Crippen LogP contribution in [0, 0.1) is 20.0 Å². The first-order chi connectivity index (χ1) is 8.07. The third-order valence-electron chi connectivity index (χ3n) is 1.29. The first kappa shape index (κ1) is 30.1. The predicted molar refractivity (Wildman–Crippen MR) is 57.0 cm³/mol. The van der Waals surface area contributed by atoms with Crippen molar-refractivity contribution in [3.63, 3.8) is 0 Å². The number of ether oxygens (including phenoxy) is 1. The van der Waals surface area contributed by atoms with Crippen molar-refractivity contribution in [2.45, 2.75) is 20.8 Å². The van der Waals surface area contributed by atoms with Gasteiger partial charge in [-0.15, -0.1) is 0 Å². The Labute approximate surface area is 118 Å². The molecule has 0 amide bonds. The molecule has 100 valence electrons. The zero-order valence-electron chi connectivity index (χ0n) is 10.4. The van der Waals surface area contributed by atoms with E-state index in [0.29, 0.717) is 6.61 Å². The summed E-state index contributed by atoms with van der Waals surface area (Å²) in [5.41, 5.74) is 1.75. The van der Waals surface area contributed by atoms with Gasteiger partial charge in [0.25, 0.3) is 0 Å². The quantitative estimate of drug-likeness (QED) is 0.199. The number of rotatable bonds is 3. The fraction of sp³-hybridized carbons (Fsp3) is 0.333. The average molecular weight is 294 g/mol. The summed E-state index contributed by atoms with van der Waals surface area (Å²) in [5, 5.41) is 0. The number of hydrogen-bond donors (Lipinski definition) is 0. The van der Waals surface area contributed by atoms with E-state index in [4.69, 9.17) is 18.7 Å². The van der Waals surface area contributed by atoms with Crippen LogP contribution < -0.4 is 0 Å². The van der Waals surface area contributed by atoms with Crippen molar-refractivity contribution in [2.24, 2.45) is 0 Å². The molecule has 0 fully saturated rings. The van der Waals surface area contributed by atoms with Gasteiger partial charge in [-0.25, -0.2) is 4.79 Å². The monoisotopic (exact) mass is 294 g/mol. The van der Waals surface area contributed by atoms with Crippen molar-refractivity contribution in [3.05, 3.63) is 43.8 Å². The first-order valence-electron chi connectivity index (χ1n) is 4.20. The largest absolute Gasteiger partial charge is 0 e. The van der Waals surface area contributed by atoms with E-state index in [0.717, 1.165) is 11.1 Å². The van der Waals surface area contributed by atoms with E-state index < -0.39 is 0 Å². The number of carbonyl (C=O) groups is 1. The van der Waals surface area contributed by atoms with E-state index in [1.54, 1.807) is 6.92 Å². The van der Waals surface area contributed by atoms with Crippen molar-refractivity contribution in [1.82, 2.24) is 0 Å². The predicted octanol–water partition coefficient (Wildman–Crippen LogP) is 1.96. The van der Waals surface area contributed by atoms with E-state index in [-0.39, 0.29) is 23.0 Å². The van der Waals surface area contributed by atoms with Crippen molar-refractivity contribution >= 4 is 5.97 Å². The van der Waals surface area contributed by atoms with Gasteiger partial charge < -0.3 is 4.74 Å². The standard InChI is InChI=1S/C9H14O2.3CO.Fe/c1-5-11-9(10)6-8(4)7(2)3;3*1-2;/h6H,2,5H2,1,3-4H3;;;;/b8-6+;;;;. The van der Waals surface area contributed by atoms with Gasteiger partial charge in [-0.2, -0.15) is 0 Å². The molecule has 18 heavy (non-hydrogen) atoms. The van der Waals surface area contributed by atoms with Gasteiger partial charge in [0, 0.05) is 23.1 Å². The molecule has 0 heterocycles. The maximum atomic E-state index is 10.8. The summed E-state index contributed by atoms with van der Waals surface area (Å²) in [6, 6.07) is 0. The molecule has 0 radical (unpaired) electrons. The third-order valence-corrected chi connectivity index (χ3v) is 1.29. The fourth-order valence-electron chi connectivity index (χ4n) is 0.484. The molecule has 0 saturated carbocycles. The molecule has 0 bridgehead atoms. The van der Waals surface area contributed by atoms with Crippen LogP contribution in [0.2, 0.25) is 0 Å². The molecular weight excluding hydrogens is 280 g/mol. The van der Waals surface area contributed by atoms with Gasteiger partial charge in [0.2, 0.25) is 0 Å². The van der Waals surface area contributed by atoms with Crippen LogP contribution in [0.15, 0.2) is 23.8 Å². The summed E-state index contributed by atoms with van der Waals surface area (Å²) in [6.45, 7) is 23.1. The SMILES string of the molecule is C=C(C)/C(C)=C/C(=O)OCC.[C-]#[O+].[C-]#[O+].[C-]#[O+].[Fe]. The fourth-order valence-corrected chi connectivity index (χ4v) is 0.484. The first-order valence-corrected chi connectivity index (χ1v) is 4.20. The van der Waals surface area contributed by atoms with Crippen LogP contribution in [0.1, 0.15) is 20.8 Å². The molecular formula is C12H14FeO5. The molecule has 0 N–H and O–H groups in total. The van der Waals surface area contributed by atoms with Gasteiger partial charge in [0.05, 0.1) is 6.61 Å². The summed E-state index contributed by atoms with van der Waals surface area (Å²) in [6.07, 6.45) is 1.45. The molecule has 0 atom stereocenters. The Morgan fingerprint density at radius 2 is 1.50 bits per heavy atom. The van der Waals surface area contributed by atoms with E-state index in [2.05, 4.69) is 26.5 Å². The molecule has 0 unspecified atom stereocenters. The van der Waals surface area contributed by atoms with Crippen LogP contribution in [-0.2, 0) is 40.6 Å². The molecule has 0 aromatic heterocycles. The van der Waals surface area contributed by atoms with Gasteiger partial charge in [-0.1, -0.05) is 12.2 Å². The Kier molecular flexibility index (Phi) is 49.5. The number of allylic oxidation sites excluding steroid dienone is 2. The minimum Gasteiger partial charge on any atom is 0 e. The van der Waals surface area contributed by atoms with Gasteiger partial charge in [-0.05, 0) is 26.3 Å². The average Bonchev–Trinajstić information content (AvgIpc) is 2.36. The van der Waals surface area contributed by atoms with Gasteiger partial charge in [0.1, 0.15) is 0 Å². The van der Waals surface area contributed by atoms with Crippen LogP contribution in [-0.4, -0.2) is 12.6 Å². The van der Waals surface area contributed by atoms with Gasteiger partial charge >= 0.3 is 39.9 Å². The topological polar surface area (TPSA) is 86.0 Å². The molecule has 0 aliphatic rings. The van der Waals surface area contributed by atoms with Crippen molar-refractivity contribution in [3.8, 4) is 0 Å². The summed E-state index contributed by atoms with van der Waals surface area (Å²) in [5.74, 6) is -0.298. The second-order valence-electron chi connectivity index (χ2n) is 2.36. The minimum atomic E-state index is -0.298. The maximum Gasteiger partial charge on any atom is 0 e. The van der Waals surface area contributed by atoms with Crippen LogP contribution >= 0.6 is 0 Å². The van der Waals surface area contributed by atoms with E-state index in [1.807, 2.05) is 13.8 Å². The van der Waals surface area contributed by atoms with Crippen LogP contribution in [0.3, 0.4) is 0 Å². The number of carbonyl (C=O) groups excluding carboxylic acids is 1. The van der Waals surface area contributed by atoms with Gasteiger partial charge in [0.15, 0.2) is 0 Å². The third kappa shape index (κ3) is 29.3. The van der Waals surface area contributed by atoms with Crippen LogP contribution in [0.4, 0.5) is 0 Å². The Balaban J connectivity index is -0.0000000700. The van der Waals surface area contributed by atoms with E-state index >= 15 is 0 Å². The van der Waals surface area contributed by atoms with Gasteiger partial charge in [-0.3, -0.25) is 0 Å². The summed E-state index contributed by atoms with van der Waals surface area (Å²) in [7, 11) is 0. The molecule has 0 aliphatic carbocycles. The zero-order valence-corrected chi connectivity index (χ0v) is 11.5. The van der Waals surface area contributed by atoms with Crippen LogP contribution in [0.25, 0.3) is 0 Å². The Morgan fingerprint density at radius 1 is 1.17 bits per heavy atom. The molecule has 0 saturated heterocycles. The Bertz CT molecular complexity index is 285. The Hall–Kier alpha value is -1.31. The van der Waals surface area contributed by atoms with E-state index in [9.17, 15) is 4.79 Å². The number of esters is 1. The van der Waals surface area contributed by atoms with Crippen molar-refractivity contribution in [1.29, 1.82) is 0 Å². The molecule has 0 aliphatic heterocycles. The minimum absolute atomic E-state index is 0. The van der Waals surface area contributed by atoms with Crippen LogP contribution in [0.5, 0.6) is 0 Å². The molecule has 0 spiro atoms. The van der Waals surface area contributed by atoms with Crippen molar-refractivity contribution in [2.75, 3.05) is 6.61 Å². The molecule has 5 nitrogen and oxygen atoms in total. The second-order valence-corrected chi connectivity index (χ2v) is 2.36. The normalized spacial score (nSPS) is 7.06. The molecule has 6 heteroatoms. The van der Waals surface area contributed by atoms with Crippen molar-refractivity contribution < 1.29 is 40.6 Å². The summed E-state index contributed by atoms with van der Waals surface area (Å²) in [4.78, 5) is 10.8. The van der Waals surface area contributed by atoms with E-state index in [1.165, 1.54) is 6.08 Å². The molecule has 0 rings (SSSR count). The Morgan fingerprint density at radius 3 is 1.72 bits per heavy atom.